The zero-order valence-electron chi connectivity index (χ0n) is 11.7. The van der Waals surface area contributed by atoms with Crippen molar-refractivity contribution < 1.29 is 13.9 Å². The first-order valence-electron chi connectivity index (χ1n) is 7.41. The monoisotopic (exact) mass is 279 g/mol. The lowest BCUT2D eigenvalue weighted by Gasteiger charge is -2.44. The van der Waals surface area contributed by atoms with Gasteiger partial charge in [-0.3, -0.25) is 0 Å². The van der Waals surface area contributed by atoms with Crippen LogP contribution in [0.25, 0.3) is 0 Å². The fourth-order valence-corrected chi connectivity index (χ4v) is 3.45. The van der Waals surface area contributed by atoms with Gasteiger partial charge in [-0.1, -0.05) is 12.1 Å². The Morgan fingerprint density at radius 3 is 2.80 bits per heavy atom. The maximum absolute atomic E-state index is 13.3. The summed E-state index contributed by atoms with van der Waals surface area (Å²) in [6, 6.07) is 6.54. The van der Waals surface area contributed by atoms with E-state index in [1.807, 2.05) is 6.07 Å². The molecule has 2 heterocycles. The highest BCUT2D eigenvalue weighted by molar-refractivity contribution is 5.21. The largest absolute Gasteiger partial charge is 0.381 e. The Labute approximate surface area is 119 Å². The molecular formula is C16H22FNO2. The van der Waals surface area contributed by atoms with E-state index >= 15 is 0 Å². The molecule has 2 atom stereocenters. The van der Waals surface area contributed by atoms with E-state index in [2.05, 4.69) is 0 Å². The lowest BCUT2D eigenvalue weighted by atomic mass is 9.76. The molecule has 2 fully saturated rings. The topological polar surface area (TPSA) is 44.5 Å². The number of rotatable bonds is 2. The summed E-state index contributed by atoms with van der Waals surface area (Å²) in [5.41, 5.74) is 7.20. The molecule has 2 saturated heterocycles. The van der Waals surface area contributed by atoms with Crippen LogP contribution in [0.15, 0.2) is 24.3 Å². The zero-order chi connectivity index (χ0) is 14.0. The third-order valence-corrected chi connectivity index (χ3v) is 4.68. The first kappa shape index (κ1) is 14.0. The molecule has 4 heteroatoms. The molecule has 0 amide bonds. The van der Waals surface area contributed by atoms with Gasteiger partial charge in [0.2, 0.25) is 0 Å². The maximum Gasteiger partial charge on any atom is 0.123 e. The minimum absolute atomic E-state index is 0.0634. The van der Waals surface area contributed by atoms with Crippen molar-refractivity contribution in [3.8, 4) is 0 Å². The summed E-state index contributed by atoms with van der Waals surface area (Å²) < 4.78 is 24.8. The van der Waals surface area contributed by atoms with Crippen LogP contribution < -0.4 is 5.73 Å². The third-order valence-electron chi connectivity index (χ3n) is 4.68. The SMILES string of the molecule is NC(c1cccc(F)c1)C1CCOC2(CCOCC2)C1. The summed E-state index contributed by atoms with van der Waals surface area (Å²) >= 11 is 0. The molecule has 0 aliphatic carbocycles. The third kappa shape index (κ3) is 2.87. The molecule has 110 valence electrons. The van der Waals surface area contributed by atoms with Gasteiger partial charge in [0.1, 0.15) is 5.82 Å². The van der Waals surface area contributed by atoms with E-state index in [1.165, 1.54) is 6.07 Å². The smallest absolute Gasteiger partial charge is 0.123 e. The summed E-state index contributed by atoms with van der Waals surface area (Å²) in [7, 11) is 0. The fraction of sp³-hybridized carbons (Fsp3) is 0.625. The molecule has 2 N–H and O–H groups in total. The van der Waals surface area contributed by atoms with E-state index in [4.69, 9.17) is 15.2 Å². The minimum Gasteiger partial charge on any atom is -0.381 e. The number of ether oxygens (including phenoxy) is 2. The average Bonchev–Trinajstić information content (AvgIpc) is 2.47. The molecule has 20 heavy (non-hydrogen) atoms. The molecule has 2 aliphatic rings. The van der Waals surface area contributed by atoms with Crippen molar-refractivity contribution in [3.63, 3.8) is 0 Å². The first-order chi connectivity index (χ1) is 9.69. The summed E-state index contributed by atoms with van der Waals surface area (Å²) in [6.07, 6.45) is 3.78. The lowest BCUT2D eigenvalue weighted by molar-refractivity contribution is -0.149. The molecule has 0 aromatic heterocycles. The Bertz CT molecular complexity index is 454. The molecule has 0 bridgehead atoms. The summed E-state index contributed by atoms with van der Waals surface area (Å²) in [6.45, 7) is 2.28. The van der Waals surface area contributed by atoms with Gasteiger partial charge in [0.25, 0.3) is 0 Å². The molecule has 3 rings (SSSR count). The van der Waals surface area contributed by atoms with Crippen LogP contribution in [0.3, 0.4) is 0 Å². The molecule has 1 aromatic carbocycles. The van der Waals surface area contributed by atoms with E-state index in [-0.39, 0.29) is 17.5 Å². The van der Waals surface area contributed by atoms with Crippen molar-refractivity contribution in [1.29, 1.82) is 0 Å². The normalized spacial score (nSPS) is 27.4. The highest BCUT2D eigenvalue weighted by atomic mass is 19.1. The predicted octanol–water partition coefficient (Wildman–Crippen LogP) is 2.80. The molecule has 2 unspecified atom stereocenters. The van der Waals surface area contributed by atoms with Gasteiger partial charge >= 0.3 is 0 Å². The van der Waals surface area contributed by atoms with Crippen molar-refractivity contribution in [3.05, 3.63) is 35.6 Å². The predicted molar refractivity (Wildman–Crippen MR) is 74.8 cm³/mol. The second kappa shape index (κ2) is 5.80. The Morgan fingerprint density at radius 1 is 1.25 bits per heavy atom. The van der Waals surface area contributed by atoms with Crippen molar-refractivity contribution in [2.45, 2.75) is 37.3 Å². The molecule has 1 spiro atoms. The second-order valence-corrected chi connectivity index (χ2v) is 5.98. The number of benzene rings is 1. The Kier molecular flexibility index (Phi) is 4.06. The Balaban J connectivity index is 1.73. The van der Waals surface area contributed by atoms with Crippen molar-refractivity contribution in [2.75, 3.05) is 19.8 Å². The molecule has 0 radical (unpaired) electrons. The number of nitrogens with two attached hydrogens (primary N) is 1. The van der Waals surface area contributed by atoms with E-state index in [0.29, 0.717) is 5.92 Å². The summed E-state index contributed by atoms with van der Waals surface area (Å²) in [5, 5.41) is 0. The van der Waals surface area contributed by atoms with Crippen molar-refractivity contribution in [2.24, 2.45) is 11.7 Å². The van der Waals surface area contributed by atoms with Crippen molar-refractivity contribution >= 4 is 0 Å². The van der Waals surface area contributed by atoms with Crippen LogP contribution in [0.2, 0.25) is 0 Å². The van der Waals surface area contributed by atoms with Gasteiger partial charge < -0.3 is 15.2 Å². The highest BCUT2D eigenvalue weighted by Gasteiger charge is 2.40. The molecule has 3 nitrogen and oxygen atoms in total. The van der Waals surface area contributed by atoms with E-state index in [9.17, 15) is 4.39 Å². The zero-order valence-corrected chi connectivity index (χ0v) is 11.7. The van der Waals surface area contributed by atoms with Crippen LogP contribution in [-0.4, -0.2) is 25.4 Å². The van der Waals surface area contributed by atoms with Crippen LogP contribution in [-0.2, 0) is 9.47 Å². The van der Waals surface area contributed by atoms with Gasteiger partial charge in [-0.05, 0) is 49.3 Å². The average molecular weight is 279 g/mol. The molecule has 1 aromatic rings. The molecule has 2 aliphatic heterocycles. The van der Waals surface area contributed by atoms with Crippen LogP contribution in [0, 0.1) is 11.7 Å². The van der Waals surface area contributed by atoms with E-state index < -0.39 is 0 Å². The number of halogens is 1. The number of hydrogen-bond acceptors (Lipinski definition) is 3. The first-order valence-corrected chi connectivity index (χ1v) is 7.41. The van der Waals surface area contributed by atoms with Gasteiger partial charge in [0.15, 0.2) is 0 Å². The second-order valence-electron chi connectivity index (χ2n) is 5.98. The summed E-state index contributed by atoms with van der Waals surface area (Å²) in [4.78, 5) is 0. The van der Waals surface area contributed by atoms with Gasteiger partial charge in [-0.25, -0.2) is 4.39 Å². The van der Waals surface area contributed by atoms with Gasteiger partial charge in [0.05, 0.1) is 5.60 Å². The van der Waals surface area contributed by atoms with E-state index in [0.717, 1.165) is 51.1 Å². The summed E-state index contributed by atoms with van der Waals surface area (Å²) in [5.74, 6) is 0.134. The van der Waals surface area contributed by atoms with Gasteiger partial charge in [-0.2, -0.15) is 0 Å². The van der Waals surface area contributed by atoms with Crippen LogP contribution in [0.1, 0.15) is 37.3 Å². The minimum atomic E-state index is -0.217. The highest BCUT2D eigenvalue weighted by Crippen LogP contribution is 2.41. The lowest BCUT2D eigenvalue weighted by Crippen LogP contribution is -2.46. The van der Waals surface area contributed by atoms with Crippen LogP contribution in [0.4, 0.5) is 4.39 Å². The van der Waals surface area contributed by atoms with Gasteiger partial charge in [0, 0.05) is 25.9 Å². The molecular weight excluding hydrogens is 257 g/mol. The Hall–Kier alpha value is -0.970. The van der Waals surface area contributed by atoms with Crippen molar-refractivity contribution in [1.82, 2.24) is 0 Å². The standard InChI is InChI=1S/C16H22FNO2/c17-14-3-1-2-12(10-14)15(18)13-4-7-20-16(11-13)5-8-19-9-6-16/h1-3,10,13,15H,4-9,11,18H2. The Morgan fingerprint density at radius 2 is 2.05 bits per heavy atom. The quantitative estimate of drug-likeness (QED) is 0.905. The van der Waals surface area contributed by atoms with Crippen LogP contribution >= 0.6 is 0 Å². The maximum atomic E-state index is 13.3. The van der Waals surface area contributed by atoms with Gasteiger partial charge in [-0.15, -0.1) is 0 Å². The van der Waals surface area contributed by atoms with Crippen LogP contribution in [0.5, 0.6) is 0 Å². The molecule has 0 saturated carbocycles. The number of hydrogen-bond donors (Lipinski definition) is 1. The van der Waals surface area contributed by atoms with E-state index in [1.54, 1.807) is 12.1 Å². The fourth-order valence-electron chi connectivity index (χ4n) is 3.45.